The number of aliphatic imine (C=N–C) groups is 1. The highest BCUT2D eigenvalue weighted by Gasteiger charge is 2.18. The number of carbonyl (C=O) groups excluding carboxylic acids is 1. The van der Waals surface area contributed by atoms with Crippen molar-refractivity contribution in [3.05, 3.63) is 65.4 Å². The molecule has 8 heteroatoms. The Bertz CT molecular complexity index is 1340. The third-order valence-electron chi connectivity index (χ3n) is 6.27. The first-order chi connectivity index (χ1) is 17.9. The fraction of sp³-hybridized carbons (Fsp3) is 0.345. The van der Waals surface area contributed by atoms with Gasteiger partial charge in [-0.2, -0.15) is 0 Å². The number of aryl methyl sites for hydroxylation is 1. The van der Waals surface area contributed by atoms with E-state index in [4.69, 9.17) is 11.2 Å². The highest BCUT2D eigenvalue weighted by molar-refractivity contribution is 6.09. The Morgan fingerprint density at radius 1 is 1.27 bits per heavy atom. The maximum Gasteiger partial charge on any atom is 0.258 e. The Morgan fingerprint density at radius 2 is 2.08 bits per heavy atom. The van der Waals surface area contributed by atoms with Gasteiger partial charge in [-0.25, -0.2) is 0 Å². The lowest BCUT2D eigenvalue weighted by Gasteiger charge is -2.26. The van der Waals surface area contributed by atoms with Gasteiger partial charge in [0.1, 0.15) is 5.70 Å². The van der Waals surface area contributed by atoms with Crippen LogP contribution in [0.15, 0.2) is 53.5 Å². The largest absolute Gasteiger partial charge is 0.379 e. The van der Waals surface area contributed by atoms with Gasteiger partial charge in [-0.3, -0.25) is 19.7 Å². The molecule has 8 nitrogen and oxygen atoms in total. The third kappa shape index (κ3) is 6.92. The number of allylic oxidation sites excluding steroid dienone is 1. The molecule has 0 saturated carbocycles. The van der Waals surface area contributed by atoms with Crippen LogP contribution in [0.5, 0.6) is 0 Å². The second-order valence-corrected chi connectivity index (χ2v) is 9.42. The van der Waals surface area contributed by atoms with E-state index in [0.29, 0.717) is 11.3 Å². The fourth-order valence-electron chi connectivity index (χ4n) is 4.36. The van der Waals surface area contributed by atoms with Crippen LogP contribution in [-0.2, 0) is 11.3 Å². The normalized spacial score (nSPS) is 14.9. The molecule has 1 aliphatic heterocycles. The number of ether oxygens (including phenoxy) is 1. The maximum absolute atomic E-state index is 13.3. The number of nitrogens with one attached hydrogen (secondary N) is 2. The van der Waals surface area contributed by atoms with Gasteiger partial charge in [-0.05, 0) is 56.8 Å². The van der Waals surface area contributed by atoms with Crippen molar-refractivity contribution in [2.45, 2.75) is 19.9 Å². The molecule has 1 aromatic carbocycles. The average molecular weight is 499 g/mol. The van der Waals surface area contributed by atoms with Crippen molar-refractivity contribution in [1.29, 1.82) is 0 Å². The lowest BCUT2D eigenvalue weighted by Crippen LogP contribution is -2.35. The van der Waals surface area contributed by atoms with Crippen LogP contribution in [0.4, 0.5) is 0 Å². The van der Waals surface area contributed by atoms with Gasteiger partial charge >= 0.3 is 0 Å². The zero-order valence-electron chi connectivity index (χ0n) is 21.8. The Kier molecular flexibility index (Phi) is 8.86. The number of morpholine rings is 1. The minimum absolute atomic E-state index is 0.271. The second kappa shape index (κ2) is 12.5. The number of benzene rings is 1. The van der Waals surface area contributed by atoms with Crippen molar-refractivity contribution in [2.24, 2.45) is 4.99 Å². The molecule has 37 heavy (non-hydrogen) atoms. The van der Waals surface area contributed by atoms with E-state index in [9.17, 15) is 4.79 Å². The van der Waals surface area contributed by atoms with Gasteiger partial charge in [0.15, 0.2) is 0 Å². The monoisotopic (exact) mass is 498 g/mol. The summed E-state index contributed by atoms with van der Waals surface area (Å²) >= 11 is 0. The summed E-state index contributed by atoms with van der Waals surface area (Å²) in [6.07, 6.45) is 13.5. The number of hydrogen-bond acceptors (Lipinski definition) is 6. The molecular formula is C29H34N6O2. The summed E-state index contributed by atoms with van der Waals surface area (Å²) in [7, 11) is 4.01. The van der Waals surface area contributed by atoms with Crippen LogP contribution >= 0.6 is 0 Å². The number of pyridine rings is 1. The van der Waals surface area contributed by atoms with Crippen molar-refractivity contribution < 1.29 is 9.53 Å². The van der Waals surface area contributed by atoms with Crippen molar-refractivity contribution in [1.82, 2.24) is 25.1 Å². The summed E-state index contributed by atoms with van der Waals surface area (Å²) in [5.74, 6) is 2.24. The van der Waals surface area contributed by atoms with E-state index in [1.807, 2.05) is 51.6 Å². The molecule has 0 radical (unpaired) electrons. The number of aromatic amines is 1. The Balaban J connectivity index is 1.55. The van der Waals surface area contributed by atoms with Crippen molar-refractivity contribution in [2.75, 3.05) is 46.9 Å². The predicted molar refractivity (Wildman–Crippen MR) is 148 cm³/mol. The number of hydrogen-bond donors (Lipinski definition) is 2. The summed E-state index contributed by atoms with van der Waals surface area (Å²) in [6.45, 7) is 6.98. The minimum Gasteiger partial charge on any atom is -0.379 e. The number of H-pyrrole nitrogens is 1. The number of carbonyl (C=O) groups is 1. The summed E-state index contributed by atoms with van der Waals surface area (Å²) in [5, 5.41) is 3.66. The van der Waals surface area contributed by atoms with Crippen molar-refractivity contribution in [3.63, 3.8) is 0 Å². The van der Waals surface area contributed by atoms with Gasteiger partial charge in [0.25, 0.3) is 5.91 Å². The standard InChI is InChI=1S/C29H34N6O2/c1-5-25(19-30-9-6-10-34(3)4)33-29(36)28-21(2)32-27-8-7-23(16-26(27)28)24-15-22(17-31-18-24)20-35-11-13-37-14-12-35/h1,7-9,15-19,32H,6,10-14,20H2,2-4H3,(H,33,36)/b25-19+,30-9?. The molecule has 0 bridgehead atoms. The van der Waals surface area contributed by atoms with E-state index in [1.54, 1.807) is 6.21 Å². The van der Waals surface area contributed by atoms with Gasteiger partial charge in [0, 0.05) is 66.9 Å². The topological polar surface area (TPSA) is 85.8 Å². The molecule has 0 aliphatic carbocycles. The Labute approximate surface area is 218 Å². The third-order valence-corrected chi connectivity index (χ3v) is 6.27. The van der Waals surface area contributed by atoms with Gasteiger partial charge in [0.05, 0.1) is 25.0 Å². The fourth-order valence-corrected chi connectivity index (χ4v) is 4.36. The lowest BCUT2D eigenvalue weighted by atomic mass is 10.0. The van der Waals surface area contributed by atoms with Crippen LogP contribution in [0, 0.1) is 19.3 Å². The van der Waals surface area contributed by atoms with Gasteiger partial charge in [0.2, 0.25) is 0 Å². The van der Waals surface area contributed by atoms with E-state index in [2.05, 4.69) is 42.1 Å². The highest BCUT2D eigenvalue weighted by atomic mass is 16.5. The first-order valence-corrected chi connectivity index (χ1v) is 12.5. The van der Waals surface area contributed by atoms with Crippen molar-refractivity contribution in [3.8, 4) is 23.5 Å². The van der Waals surface area contributed by atoms with Crippen LogP contribution in [0.2, 0.25) is 0 Å². The minimum atomic E-state index is -0.271. The van der Waals surface area contributed by atoms with Crippen LogP contribution in [0.1, 0.15) is 28.0 Å². The first kappa shape index (κ1) is 26.3. The predicted octanol–water partition coefficient (Wildman–Crippen LogP) is 3.60. The van der Waals surface area contributed by atoms with E-state index < -0.39 is 0 Å². The molecule has 1 aliphatic rings. The van der Waals surface area contributed by atoms with Crippen molar-refractivity contribution >= 4 is 23.0 Å². The summed E-state index contributed by atoms with van der Waals surface area (Å²) < 4.78 is 5.46. The summed E-state index contributed by atoms with van der Waals surface area (Å²) in [5.41, 5.74) is 5.69. The molecule has 3 heterocycles. The van der Waals surface area contributed by atoms with E-state index >= 15 is 0 Å². The molecule has 3 aromatic rings. The molecule has 0 unspecified atom stereocenters. The Morgan fingerprint density at radius 3 is 2.84 bits per heavy atom. The molecule has 0 spiro atoms. The molecule has 192 valence electrons. The van der Waals surface area contributed by atoms with Gasteiger partial charge in [-0.15, -0.1) is 6.42 Å². The second-order valence-electron chi connectivity index (χ2n) is 9.42. The van der Waals surface area contributed by atoms with E-state index in [-0.39, 0.29) is 5.91 Å². The zero-order chi connectivity index (χ0) is 26.2. The molecular weight excluding hydrogens is 464 g/mol. The van der Waals surface area contributed by atoms with Crippen LogP contribution in [0.3, 0.4) is 0 Å². The zero-order valence-corrected chi connectivity index (χ0v) is 21.8. The average Bonchev–Trinajstić information content (AvgIpc) is 3.23. The number of fused-ring (bicyclic) bond motifs is 1. The molecule has 2 N–H and O–H groups in total. The van der Waals surface area contributed by atoms with E-state index in [1.165, 1.54) is 6.20 Å². The summed E-state index contributed by atoms with van der Waals surface area (Å²) in [4.78, 5) is 29.7. The quantitative estimate of drug-likeness (QED) is 0.348. The van der Waals surface area contributed by atoms with Gasteiger partial charge < -0.3 is 19.9 Å². The molecule has 0 atom stereocenters. The molecule has 1 amide bonds. The van der Waals surface area contributed by atoms with Crippen LogP contribution in [-0.4, -0.2) is 78.8 Å². The first-order valence-electron chi connectivity index (χ1n) is 12.5. The number of amides is 1. The molecule has 1 saturated heterocycles. The number of rotatable bonds is 9. The molecule has 4 rings (SSSR count). The number of nitrogens with zero attached hydrogens (tertiary/aromatic N) is 4. The smallest absolute Gasteiger partial charge is 0.258 e. The van der Waals surface area contributed by atoms with Crippen LogP contribution < -0.4 is 5.32 Å². The summed E-state index contributed by atoms with van der Waals surface area (Å²) in [6, 6.07) is 8.24. The lowest BCUT2D eigenvalue weighted by molar-refractivity contribution is 0.0341. The number of aromatic nitrogens is 2. The van der Waals surface area contributed by atoms with Gasteiger partial charge in [-0.1, -0.05) is 12.0 Å². The van der Waals surface area contributed by atoms with E-state index in [0.717, 1.165) is 79.1 Å². The maximum atomic E-state index is 13.3. The highest BCUT2D eigenvalue weighted by Crippen LogP contribution is 2.29. The van der Waals surface area contributed by atoms with Crippen LogP contribution in [0.25, 0.3) is 22.0 Å². The molecule has 2 aromatic heterocycles. The SMILES string of the molecule is C#C/C(=C\N=CCCN(C)C)NC(=O)c1c(C)[nH]c2ccc(-c3cncc(CN4CCOCC4)c3)cc12. The Hall–Kier alpha value is -3.77. The molecule has 1 fully saturated rings. The number of terminal acetylenes is 1.